The van der Waals surface area contributed by atoms with E-state index >= 15 is 0 Å². The number of methoxy groups -OCH3 is 1. The van der Waals surface area contributed by atoms with Crippen LogP contribution in [0.2, 0.25) is 0 Å². The molecule has 3 nitrogen and oxygen atoms in total. The summed E-state index contributed by atoms with van der Waals surface area (Å²) in [5, 5.41) is 0. The molecular weight excluding hydrogens is 156 g/mol. The average Bonchev–Trinajstić information content (AvgIpc) is 2.84. The molecule has 2 saturated carbocycles. The number of ketones is 1. The van der Waals surface area contributed by atoms with E-state index < -0.39 is 5.97 Å². The fraction of sp³-hybridized carbons (Fsp3) is 0.556. The Morgan fingerprint density at radius 3 is 2.58 bits per heavy atom. The molecule has 0 radical (unpaired) electrons. The van der Waals surface area contributed by atoms with E-state index in [1.807, 2.05) is 0 Å². The number of rotatable bonds is 2. The average molecular weight is 166 g/mol. The van der Waals surface area contributed by atoms with Crippen molar-refractivity contribution < 1.29 is 14.3 Å². The van der Waals surface area contributed by atoms with Crippen LogP contribution in [0, 0.1) is 5.92 Å². The van der Waals surface area contributed by atoms with Gasteiger partial charge in [-0.25, -0.2) is 4.79 Å². The van der Waals surface area contributed by atoms with Crippen LogP contribution in [0.15, 0.2) is 11.1 Å². The van der Waals surface area contributed by atoms with E-state index in [9.17, 15) is 9.59 Å². The second-order valence-corrected chi connectivity index (χ2v) is 3.24. The Morgan fingerprint density at radius 2 is 2.08 bits per heavy atom. The van der Waals surface area contributed by atoms with Crippen molar-refractivity contribution in [2.45, 2.75) is 19.3 Å². The molecule has 0 aromatic heterocycles. The smallest absolute Gasteiger partial charge is 0.374 e. The molecule has 2 fully saturated rings. The molecule has 0 aromatic carbocycles. The number of carbonyl (C=O) groups is 2. The van der Waals surface area contributed by atoms with Crippen LogP contribution in [0.3, 0.4) is 0 Å². The van der Waals surface area contributed by atoms with Crippen LogP contribution in [-0.2, 0) is 14.3 Å². The van der Waals surface area contributed by atoms with Gasteiger partial charge in [0.05, 0.1) is 13.0 Å². The normalized spacial score (nSPS) is 25.2. The Balaban J connectivity index is 2.00. The second-order valence-electron chi connectivity index (χ2n) is 3.24. The number of carbonyl (C=O) groups excluding carboxylic acids is 2. The molecule has 2 aliphatic carbocycles. The molecule has 1 atom stereocenters. The molecule has 12 heavy (non-hydrogen) atoms. The van der Waals surface area contributed by atoms with E-state index in [0.29, 0.717) is 0 Å². The molecule has 2 aliphatic rings. The molecule has 2 rings (SSSR count). The van der Waals surface area contributed by atoms with Crippen molar-refractivity contribution in [2.75, 3.05) is 7.11 Å². The van der Waals surface area contributed by atoms with Gasteiger partial charge in [0.1, 0.15) is 0 Å². The minimum atomic E-state index is -0.698. The summed E-state index contributed by atoms with van der Waals surface area (Å²) in [5.41, 5.74) is 2.59. The lowest BCUT2D eigenvalue weighted by Crippen LogP contribution is -2.17. The molecule has 0 heterocycles. The van der Waals surface area contributed by atoms with Gasteiger partial charge < -0.3 is 4.74 Å². The Kier molecular flexibility index (Phi) is 1.53. The minimum absolute atomic E-state index is 0.116. The maximum Gasteiger partial charge on any atom is 0.374 e. The first kappa shape index (κ1) is 7.53. The lowest BCUT2D eigenvalue weighted by atomic mass is 10.2. The standard InChI is InChI=1S/C9H10O3/c1-12-9(11)8(10)7-4-6(7)5-2-3-5/h7H,2-4H2,1H3. The third-order valence-electron chi connectivity index (χ3n) is 2.34. The third-order valence-corrected chi connectivity index (χ3v) is 2.34. The van der Waals surface area contributed by atoms with Crippen molar-refractivity contribution in [3.05, 3.63) is 11.1 Å². The first-order valence-corrected chi connectivity index (χ1v) is 4.07. The lowest BCUT2D eigenvalue weighted by molar-refractivity contribution is -0.152. The van der Waals surface area contributed by atoms with E-state index in [4.69, 9.17) is 0 Å². The zero-order valence-corrected chi connectivity index (χ0v) is 6.92. The van der Waals surface area contributed by atoms with E-state index in [1.54, 1.807) is 0 Å². The number of hydrogen-bond donors (Lipinski definition) is 0. The maximum atomic E-state index is 11.2. The first-order valence-electron chi connectivity index (χ1n) is 4.07. The van der Waals surface area contributed by atoms with Gasteiger partial charge in [0, 0.05) is 0 Å². The van der Waals surface area contributed by atoms with Crippen LogP contribution in [0.5, 0.6) is 0 Å². The number of Topliss-reactive ketones (excluding diaryl/α,β-unsaturated/α-hetero) is 1. The second kappa shape index (κ2) is 2.44. The molecule has 3 heteroatoms. The number of esters is 1. The highest BCUT2D eigenvalue weighted by atomic mass is 16.5. The van der Waals surface area contributed by atoms with Crippen molar-refractivity contribution in [2.24, 2.45) is 5.92 Å². The van der Waals surface area contributed by atoms with Gasteiger partial charge in [0.15, 0.2) is 0 Å². The Bertz CT molecular complexity index is 282. The topological polar surface area (TPSA) is 43.4 Å². The van der Waals surface area contributed by atoms with Crippen molar-refractivity contribution in [1.29, 1.82) is 0 Å². The molecule has 0 spiro atoms. The van der Waals surface area contributed by atoms with Gasteiger partial charge in [-0.05, 0) is 19.3 Å². The molecule has 0 aliphatic heterocycles. The SMILES string of the molecule is COC(=O)C(=O)C1CC1=C1CC1. The van der Waals surface area contributed by atoms with Gasteiger partial charge in [-0.3, -0.25) is 4.79 Å². The highest BCUT2D eigenvalue weighted by Gasteiger charge is 2.44. The van der Waals surface area contributed by atoms with E-state index in [-0.39, 0.29) is 11.7 Å². The molecular formula is C9H10O3. The summed E-state index contributed by atoms with van der Waals surface area (Å²) in [6.07, 6.45) is 3.05. The predicted octanol–water partition coefficient (Wildman–Crippen LogP) is 0.839. The van der Waals surface area contributed by atoms with Crippen LogP contribution >= 0.6 is 0 Å². The Hall–Kier alpha value is -1.12. The zero-order valence-electron chi connectivity index (χ0n) is 6.92. The van der Waals surface area contributed by atoms with Crippen molar-refractivity contribution in [3.8, 4) is 0 Å². The summed E-state index contributed by atoms with van der Waals surface area (Å²) in [5.74, 6) is -1.18. The molecule has 1 unspecified atom stereocenters. The van der Waals surface area contributed by atoms with Gasteiger partial charge in [0.25, 0.3) is 0 Å². The monoisotopic (exact) mass is 166 g/mol. The quantitative estimate of drug-likeness (QED) is 0.347. The maximum absolute atomic E-state index is 11.2. The molecule has 0 amide bonds. The molecule has 0 N–H and O–H groups in total. The van der Waals surface area contributed by atoms with Crippen LogP contribution in [0.25, 0.3) is 0 Å². The van der Waals surface area contributed by atoms with Crippen molar-refractivity contribution in [3.63, 3.8) is 0 Å². The van der Waals surface area contributed by atoms with Crippen LogP contribution < -0.4 is 0 Å². The molecule has 64 valence electrons. The number of allylic oxidation sites excluding steroid dienone is 2. The summed E-state index contributed by atoms with van der Waals surface area (Å²) in [7, 11) is 1.24. The molecule has 0 aromatic rings. The van der Waals surface area contributed by atoms with Crippen molar-refractivity contribution in [1.82, 2.24) is 0 Å². The predicted molar refractivity (Wildman–Crippen MR) is 41.4 cm³/mol. The Labute approximate surface area is 70.4 Å². The van der Waals surface area contributed by atoms with E-state index in [2.05, 4.69) is 4.74 Å². The van der Waals surface area contributed by atoms with E-state index in [1.165, 1.54) is 18.3 Å². The van der Waals surface area contributed by atoms with Gasteiger partial charge in [-0.1, -0.05) is 11.1 Å². The summed E-state index contributed by atoms with van der Waals surface area (Å²) in [4.78, 5) is 22.0. The highest BCUT2D eigenvalue weighted by molar-refractivity contribution is 6.36. The third kappa shape index (κ3) is 1.15. The van der Waals surface area contributed by atoms with Crippen LogP contribution in [0.4, 0.5) is 0 Å². The van der Waals surface area contributed by atoms with Gasteiger partial charge in [0.2, 0.25) is 5.78 Å². The minimum Gasteiger partial charge on any atom is -0.463 e. The van der Waals surface area contributed by atoms with Gasteiger partial charge >= 0.3 is 5.97 Å². The highest BCUT2D eigenvalue weighted by Crippen LogP contribution is 2.48. The van der Waals surface area contributed by atoms with Crippen molar-refractivity contribution >= 4 is 11.8 Å². The fourth-order valence-electron chi connectivity index (χ4n) is 1.43. The van der Waals surface area contributed by atoms with Crippen LogP contribution in [0.1, 0.15) is 19.3 Å². The first-order chi connectivity index (χ1) is 5.74. The van der Waals surface area contributed by atoms with E-state index in [0.717, 1.165) is 19.3 Å². The molecule has 0 saturated heterocycles. The van der Waals surface area contributed by atoms with Gasteiger partial charge in [-0.2, -0.15) is 0 Å². The van der Waals surface area contributed by atoms with Crippen LogP contribution in [-0.4, -0.2) is 18.9 Å². The largest absolute Gasteiger partial charge is 0.463 e. The van der Waals surface area contributed by atoms with Gasteiger partial charge in [-0.15, -0.1) is 0 Å². The summed E-state index contributed by atoms with van der Waals surface area (Å²) in [6, 6.07) is 0. The summed E-state index contributed by atoms with van der Waals surface area (Å²) < 4.78 is 4.35. The summed E-state index contributed by atoms with van der Waals surface area (Å²) >= 11 is 0. The molecule has 0 bridgehead atoms. The zero-order chi connectivity index (χ0) is 8.72. The Morgan fingerprint density at radius 1 is 1.42 bits per heavy atom. The summed E-state index contributed by atoms with van der Waals surface area (Å²) in [6.45, 7) is 0. The fourth-order valence-corrected chi connectivity index (χ4v) is 1.43. The number of ether oxygens (including phenoxy) is 1. The lowest BCUT2D eigenvalue weighted by Gasteiger charge is -1.92. The number of hydrogen-bond acceptors (Lipinski definition) is 3.